The van der Waals surface area contributed by atoms with Crippen LogP contribution in [0.15, 0.2) is 17.3 Å². The second kappa shape index (κ2) is 4.75. The molecule has 0 amide bonds. The summed E-state index contributed by atoms with van der Waals surface area (Å²) in [5, 5.41) is 20.8. The molecule has 16 heavy (non-hydrogen) atoms. The van der Waals surface area contributed by atoms with Gasteiger partial charge in [-0.25, -0.2) is 0 Å². The standard InChI is InChI=1S/C8H6ClFN2O4/c1-16-5-3-2-4(12(14)15)7(10)6(5)8(9)11-13/h2-3,13H,1H3. The lowest BCUT2D eigenvalue weighted by Gasteiger charge is -2.06. The van der Waals surface area contributed by atoms with Crippen LogP contribution in [-0.2, 0) is 0 Å². The molecule has 0 unspecified atom stereocenters. The molecule has 6 nitrogen and oxygen atoms in total. The van der Waals surface area contributed by atoms with Crippen LogP contribution in [0.5, 0.6) is 5.75 Å². The summed E-state index contributed by atoms with van der Waals surface area (Å²) in [6.07, 6.45) is 0. The molecule has 0 atom stereocenters. The number of ether oxygens (including phenoxy) is 1. The number of nitro groups is 1. The van der Waals surface area contributed by atoms with Crippen molar-refractivity contribution in [2.45, 2.75) is 0 Å². The molecule has 0 fully saturated rings. The molecule has 0 aliphatic carbocycles. The summed E-state index contributed by atoms with van der Waals surface area (Å²) in [6, 6.07) is 2.09. The van der Waals surface area contributed by atoms with Gasteiger partial charge < -0.3 is 9.94 Å². The van der Waals surface area contributed by atoms with Crippen molar-refractivity contribution < 1.29 is 19.3 Å². The number of hydrogen-bond donors (Lipinski definition) is 1. The van der Waals surface area contributed by atoms with Crippen LogP contribution in [0, 0.1) is 15.9 Å². The quantitative estimate of drug-likeness (QED) is 0.384. The monoisotopic (exact) mass is 248 g/mol. The van der Waals surface area contributed by atoms with Gasteiger partial charge in [-0.15, -0.1) is 0 Å². The normalized spacial score (nSPS) is 11.3. The molecule has 8 heteroatoms. The van der Waals surface area contributed by atoms with Crippen LogP contribution >= 0.6 is 11.6 Å². The zero-order valence-corrected chi connectivity index (χ0v) is 8.73. The third kappa shape index (κ3) is 2.03. The minimum Gasteiger partial charge on any atom is -0.496 e. The first-order valence-electron chi connectivity index (χ1n) is 3.91. The van der Waals surface area contributed by atoms with Crippen molar-refractivity contribution in [2.75, 3.05) is 7.11 Å². The van der Waals surface area contributed by atoms with Crippen LogP contribution < -0.4 is 4.74 Å². The van der Waals surface area contributed by atoms with Crippen LogP contribution in [0.3, 0.4) is 0 Å². The van der Waals surface area contributed by atoms with Crippen LogP contribution in [0.25, 0.3) is 0 Å². The van der Waals surface area contributed by atoms with Crippen molar-refractivity contribution in [3.8, 4) is 5.75 Å². The van der Waals surface area contributed by atoms with E-state index in [1.807, 2.05) is 0 Å². The average Bonchev–Trinajstić information content (AvgIpc) is 2.26. The number of nitro benzene ring substituents is 1. The summed E-state index contributed by atoms with van der Waals surface area (Å²) in [5.74, 6) is -1.28. The lowest BCUT2D eigenvalue weighted by atomic mass is 10.1. The Morgan fingerprint density at radius 3 is 2.75 bits per heavy atom. The molecule has 0 radical (unpaired) electrons. The fraction of sp³-hybridized carbons (Fsp3) is 0.125. The Bertz CT molecular complexity index is 464. The Hall–Kier alpha value is -1.89. The van der Waals surface area contributed by atoms with E-state index in [4.69, 9.17) is 21.5 Å². The predicted octanol–water partition coefficient (Wildman–Crippen LogP) is 2.12. The first-order chi connectivity index (χ1) is 7.52. The number of rotatable bonds is 3. The molecule has 1 N–H and O–H groups in total. The second-order valence-electron chi connectivity index (χ2n) is 2.62. The third-order valence-electron chi connectivity index (χ3n) is 1.79. The van der Waals surface area contributed by atoms with Gasteiger partial charge in [-0.2, -0.15) is 4.39 Å². The van der Waals surface area contributed by atoms with E-state index in [9.17, 15) is 14.5 Å². The van der Waals surface area contributed by atoms with Gasteiger partial charge in [0.05, 0.1) is 12.0 Å². The maximum Gasteiger partial charge on any atom is 0.305 e. The second-order valence-corrected chi connectivity index (χ2v) is 2.98. The number of halogens is 2. The summed E-state index contributed by atoms with van der Waals surface area (Å²) in [6.45, 7) is 0. The van der Waals surface area contributed by atoms with E-state index in [0.717, 1.165) is 12.1 Å². The first-order valence-corrected chi connectivity index (χ1v) is 4.29. The largest absolute Gasteiger partial charge is 0.496 e. The molecule has 86 valence electrons. The molecule has 0 aromatic heterocycles. The van der Waals surface area contributed by atoms with Crippen LogP contribution in [-0.4, -0.2) is 22.4 Å². The highest BCUT2D eigenvalue weighted by Crippen LogP contribution is 2.30. The number of nitrogens with zero attached hydrogens (tertiary/aromatic N) is 2. The Balaban J connectivity index is 3.53. The number of hydrogen-bond acceptors (Lipinski definition) is 5. The lowest BCUT2D eigenvalue weighted by Crippen LogP contribution is -2.04. The van der Waals surface area contributed by atoms with Gasteiger partial charge in [0.1, 0.15) is 11.3 Å². The molecule has 1 aromatic rings. The molecule has 0 bridgehead atoms. The van der Waals surface area contributed by atoms with Crippen LogP contribution in [0.2, 0.25) is 0 Å². The first kappa shape index (κ1) is 12.2. The Morgan fingerprint density at radius 1 is 1.69 bits per heavy atom. The van der Waals surface area contributed by atoms with Gasteiger partial charge in [0.15, 0.2) is 5.17 Å². The maximum atomic E-state index is 13.6. The number of benzene rings is 1. The van der Waals surface area contributed by atoms with Crippen molar-refractivity contribution in [2.24, 2.45) is 5.16 Å². The van der Waals surface area contributed by atoms with Crippen LogP contribution in [0.4, 0.5) is 10.1 Å². The van der Waals surface area contributed by atoms with Gasteiger partial charge in [-0.1, -0.05) is 16.8 Å². The summed E-state index contributed by atoms with van der Waals surface area (Å²) in [7, 11) is 1.23. The van der Waals surface area contributed by atoms with Crippen molar-refractivity contribution in [3.63, 3.8) is 0 Å². The maximum absolute atomic E-state index is 13.6. The van der Waals surface area contributed by atoms with E-state index in [1.165, 1.54) is 7.11 Å². The van der Waals surface area contributed by atoms with Gasteiger partial charge in [0.2, 0.25) is 5.82 Å². The minimum absolute atomic E-state index is 0.0640. The fourth-order valence-electron chi connectivity index (χ4n) is 1.10. The van der Waals surface area contributed by atoms with Crippen molar-refractivity contribution in [3.05, 3.63) is 33.6 Å². The van der Waals surface area contributed by atoms with Crippen molar-refractivity contribution >= 4 is 22.5 Å². The summed E-state index contributed by atoms with van der Waals surface area (Å²) in [4.78, 5) is 9.55. The minimum atomic E-state index is -1.22. The zero-order valence-electron chi connectivity index (χ0n) is 7.98. The van der Waals surface area contributed by atoms with Gasteiger partial charge >= 0.3 is 5.69 Å². The topological polar surface area (TPSA) is 85.0 Å². The summed E-state index contributed by atoms with van der Waals surface area (Å²) < 4.78 is 18.4. The van der Waals surface area contributed by atoms with Gasteiger partial charge in [0, 0.05) is 6.07 Å². The average molecular weight is 249 g/mol. The van der Waals surface area contributed by atoms with Crippen molar-refractivity contribution in [1.82, 2.24) is 0 Å². The van der Waals surface area contributed by atoms with Crippen molar-refractivity contribution in [1.29, 1.82) is 0 Å². The number of methoxy groups -OCH3 is 1. The molecule has 0 aliphatic rings. The van der Waals surface area contributed by atoms with Gasteiger partial charge in [-0.05, 0) is 6.07 Å². The zero-order chi connectivity index (χ0) is 12.3. The van der Waals surface area contributed by atoms with E-state index in [2.05, 4.69) is 5.16 Å². The summed E-state index contributed by atoms with van der Waals surface area (Å²) >= 11 is 5.41. The lowest BCUT2D eigenvalue weighted by molar-refractivity contribution is -0.387. The molecule has 1 rings (SSSR count). The summed E-state index contributed by atoms with van der Waals surface area (Å²) in [5.41, 5.74) is -1.24. The Morgan fingerprint density at radius 2 is 2.31 bits per heavy atom. The highest BCUT2D eigenvalue weighted by atomic mass is 35.5. The molecule has 0 spiro atoms. The van der Waals surface area contributed by atoms with Gasteiger partial charge in [0.25, 0.3) is 0 Å². The highest BCUT2D eigenvalue weighted by molar-refractivity contribution is 6.69. The van der Waals surface area contributed by atoms with E-state index < -0.39 is 27.2 Å². The molecular weight excluding hydrogens is 243 g/mol. The fourth-order valence-corrected chi connectivity index (χ4v) is 1.28. The molecule has 1 aromatic carbocycles. The van der Waals surface area contributed by atoms with Gasteiger partial charge in [-0.3, -0.25) is 10.1 Å². The SMILES string of the molecule is COc1ccc([N+](=O)[O-])c(F)c1C(Cl)=NO. The van der Waals surface area contributed by atoms with E-state index in [0.29, 0.717) is 0 Å². The Labute approximate surface area is 94.0 Å². The highest BCUT2D eigenvalue weighted by Gasteiger charge is 2.24. The molecule has 0 aliphatic heterocycles. The van der Waals surface area contributed by atoms with E-state index in [1.54, 1.807) is 0 Å². The van der Waals surface area contributed by atoms with E-state index in [-0.39, 0.29) is 5.75 Å². The molecule has 0 saturated carbocycles. The molecule has 0 saturated heterocycles. The Kier molecular flexibility index (Phi) is 3.62. The smallest absolute Gasteiger partial charge is 0.305 e. The molecule has 0 heterocycles. The van der Waals surface area contributed by atoms with E-state index >= 15 is 0 Å². The third-order valence-corrected chi connectivity index (χ3v) is 2.06. The van der Waals surface area contributed by atoms with Crippen LogP contribution in [0.1, 0.15) is 5.56 Å². The predicted molar refractivity (Wildman–Crippen MR) is 53.8 cm³/mol. The molecular formula is C8H6ClFN2O4. The number of oxime groups is 1.